The number of primary amides is 1. The molecule has 0 aliphatic carbocycles. The van der Waals surface area contributed by atoms with Crippen LogP contribution in [0.15, 0.2) is 42.9 Å². The van der Waals surface area contributed by atoms with Crippen molar-refractivity contribution in [3.63, 3.8) is 0 Å². The van der Waals surface area contributed by atoms with Crippen molar-refractivity contribution in [3.8, 4) is 5.69 Å². The molecule has 29 heavy (non-hydrogen) atoms. The number of aromatic nitrogens is 5. The Labute approximate surface area is 164 Å². The molecule has 10 nitrogen and oxygen atoms in total. The Morgan fingerprint density at radius 1 is 1.24 bits per heavy atom. The monoisotopic (exact) mass is 403 g/mol. The standard InChI is InChI=1S/C17H19F2N9O/c18-14(19)6-10(20)8-22-17-23-9-13(15(21)29)16(27-17)26-11-2-1-3-12(7-11)28-24-4-5-25-28/h1-5,7,9-10,14H,6,8,20H2,(H2,21,29)(H2,22,23,26,27). The van der Waals surface area contributed by atoms with E-state index in [1.807, 2.05) is 0 Å². The van der Waals surface area contributed by atoms with Gasteiger partial charge < -0.3 is 22.1 Å². The largest absolute Gasteiger partial charge is 0.365 e. The zero-order valence-corrected chi connectivity index (χ0v) is 15.2. The average Bonchev–Trinajstić information content (AvgIpc) is 3.21. The van der Waals surface area contributed by atoms with Crippen LogP contribution in [0, 0.1) is 0 Å². The summed E-state index contributed by atoms with van der Waals surface area (Å²) in [7, 11) is 0. The van der Waals surface area contributed by atoms with Gasteiger partial charge in [0.2, 0.25) is 12.4 Å². The molecule has 152 valence electrons. The Kier molecular flexibility index (Phi) is 6.24. The first-order valence-corrected chi connectivity index (χ1v) is 8.60. The summed E-state index contributed by atoms with van der Waals surface area (Å²) in [5.74, 6) is -0.450. The molecule has 0 fully saturated rings. The molecular formula is C17H19F2N9O. The molecule has 0 radical (unpaired) electrons. The molecule has 1 unspecified atom stereocenters. The highest BCUT2D eigenvalue weighted by Gasteiger charge is 2.15. The maximum Gasteiger partial charge on any atom is 0.254 e. The van der Waals surface area contributed by atoms with E-state index in [-0.39, 0.29) is 23.9 Å². The Balaban J connectivity index is 1.80. The fourth-order valence-electron chi connectivity index (χ4n) is 2.47. The highest BCUT2D eigenvalue weighted by Crippen LogP contribution is 2.21. The smallest absolute Gasteiger partial charge is 0.254 e. The van der Waals surface area contributed by atoms with Gasteiger partial charge in [-0.2, -0.15) is 20.0 Å². The maximum absolute atomic E-state index is 12.4. The number of rotatable bonds is 9. The van der Waals surface area contributed by atoms with Crippen LogP contribution < -0.4 is 22.1 Å². The first-order valence-electron chi connectivity index (χ1n) is 8.60. The van der Waals surface area contributed by atoms with E-state index >= 15 is 0 Å². The molecule has 0 aliphatic rings. The summed E-state index contributed by atoms with van der Waals surface area (Å²) in [6.07, 6.45) is 1.39. The van der Waals surface area contributed by atoms with Crippen LogP contribution in [0.25, 0.3) is 5.69 Å². The highest BCUT2D eigenvalue weighted by atomic mass is 19.3. The van der Waals surface area contributed by atoms with E-state index in [1.54, 1.807) is 36.7 Å². The van der Waals surface area contributed by atoms with Crippen LogP contribution in [0.2, 0.25) is 0 Å². The Hall–Kier alpha value is -3.67. The lowest BCUT2D eigenvalue weighted by Crippen LogP contribution is -2.31. The number of carbonyl (C=O) groups is 1. The van der Waals surface area contributed by atoms with Gasteiger partial charge in [-0.1, -0.05) is 6.07 Å². The SMILES string of the molecule is NC(=O)c1cnc(NCC(N)CC(F)F)nc1Nc1cccc(-n2nccn2)c1. The molecule has 0 saturated heterocycles. The first-order chi connectivity index (χ1) is 13.9. The number of benzene rings is 1. The normalized spacial score (nSPS) is 12.0. The van der Waals surface area contributed by atoms with Crippen LogP contribution in [0.1, 0.15) is 16.8 Å². The number of hydrogen-bond acceptors (Lipinski definition) is 8. The van der Waals surface area contributed by atoms with Gasteiger partial charge in [-0.3, -0.25) is 4.79 Å². The molecule has 0 saturated carbocycles. The van der Waals surface area contributed by atoms with Crippen LogP contribution >= 0.6 is 0 Å². The number of amides is 1. The quantitative estimate of drug-likeness (QED) is 0.417. The number of halogens is 2. The highest BCUT2D eigenvalue weighted by molar-refractivity contribution is 5.98. The van der Waals surface area contributed by atoms with Gasteiger partial charge >= 0.3 is 0 Å². The van der Waals surface area contributed by atoms with E-state index in [4.69, 9.17) is 11.5 Å². The van der Waals surface area contributed by atoms with E-state index in [0.717, 1.165) is 0 Å². The second-order valence-electron chi connectivity index (χ2n) is 6.08. The van der Waals surface area contributed by atoms with Crippen molar-refractivity contribution in [3.05, 3.63) is 48.4 Å². The van der Waals surface area contributed by atoms with Crippen molar-refractivity contribution >= 4 is 23.4 Å². The lowest BCUT2D eigenvalue weighted by molar-refractivity contribution is 0.100. The summed E-state index contributed by atoms with van der Waals surface area (Å²) < 4.78 is 24.8. The van der Waals surface area contributed by atoms with Crippen LogP contribution in [0.3, 0.4) is 0 Å². The topological polar surface area (TPSA) is 150 Å². The van der Waals surface area contributed by atoms with Crippen molar-refractivity contribution in [1.82, 2.24) is 25.0 Å². The number of nitrogens with zero attached hydrogens (tertiary/aromatic N) is 5. The molecule has 3 rings (SSSR count). The van der Waals surface area contributed by atoms with Crippen LogP contribution in [-0.2, 0) is 0 Å². The fraction of sp³-hybridized carbons (Fsp3) is 0.235. The molecule has 1 amide bonds. The number of nitrogens with one attached hydrogen (secondary N) is 2. The third-order valence-electron chi connectivity index (χ3n) is 3.82. The minimum atomic E-state index is -2.50. The zero-order valence-electron chi connectivity index (χ0n) is 15.2. The van der Waals surface area contributed by atoms with E-state index in [9.17, 15) is 13.6 Å². The Bertz CT molecular complexity index is 965. The Morgan fingerprint density at radius 2 is 2.00 bits per heavy atom. The van der Waals surface area contributed by atoms with Crippen molar-refractivity contribution in [2.75, 3.05) is 17.2 Å². The molecule has 3 aromatic rings. The summed E-state index contributed by atoms with van der Waals surface area (Å²) in [4.78, 5) is 21.3. The summed E-state index contributed by atoms with van der Waals surface area (Å²) >= 11 is 0. The molecule has 0 aliphatic heterocycles. The predicted octanol–water partition coefficient (Wildman–Crippen LogP) is 1.29. The minimum Gasteiger partial charge on any atom is -0.365 e. The summed E-state index contributed by atoms with van der Waals surface area (Å²) in [5, 5.41) is 13.9. The number of nitrogens with two attached hydrogens (primary N) is 2. The minimum absolute atomic E-state index is 0.0418. The van der Waals surface area contributed by atoms with Gasteiger partial charge in [-0.25, -0.2) is 13.8 Å². The predicted molar refractivity (Wildman–Crippen MR) is 102 cm³/mol. The number of anilines is 3. The second-order valence-corrected chi connectivity index (χ2v) is 6.08. The Morgan fingerprint density at radius 3 is 2.69 bits per heavy atom. The fourth-order valence-corrected chi connectivity index (χ4v) is 2.47. The van der Waals surface area contributed by atoms with Gasteiger partial charge in [0.15, 0.2) is 0 Å². The van der Waals surface area contributed by atoms with Crippen molar-refractivity contribution in [2.24, 2.45) is 11.5 Å². The molecule has 1 atom stereocenters. The molecular weight excluding hydrogens is 384 g/mol. The molecule has 0 spiro atoms. The van der Waals surface area contributed by atoms with E-state index in [2.05, 4.69) is 30.8 Å². The number of carbonyl (C=O) groups excluding carboxylic acids is 1. The second kappa shape index (κ2) is 9.01. The van der Waals surface area contributed by atoms with E-state index < -0.39 is 24.8 Å². The van der Waals surface area contributed by atoms with E-state index in [0.29, 0.717) is 11.4 Å². The summed E-state index contributed by atoms with van der Waals surface area (Å²) in [6, 6.07) is 6.31. The molecule has 0 bridgehead atoms. The van der Waals surface area contributed by atoms with Gasteiger partial charge in [0.05, 0.1) is 18.1 Å². The van der Waals surface area contributed by atoms with Gasteiger partial charge in [0, 0.05) is 30.9 Å². The van der Waals surface area contributed by atoms with Crippen molar-refractivity contribution in [1.29, 1.82) is 0 Å². The van der Waals surface area contributed by atoms with Gasteiger partial charge in [0.1, 0.15) is 11.4 Å². The third-order valence-corrected chi connectivity index (χ3v) is 3.82. The van der Waals surface area contributed by atoms with E-state index in [1.165, 1.54) is 11.0 Å². The third kappa shape index (κ3) is 5.42. The molecule has 2 heterocycles. The maximum atomic E-state index is 12.4. The van der Waals surface area contributed by atoms with Crippen LogP contribution in [0.4, 0.5) is 26.2 Å². The van der Waals surface area contributed by atoms with Gasteiger partial charge in [-0.15, -0.1) is 0 Å². The summed E-state index contributed by atoms with van der Waals surface area (Å²) in [5.41, 5.74) is 12.4. The van der Waals surface area contributed by atoms with Crippen molar-refractivity contribution < 1.29 is 13.6 Å². The molecule has 6 N–H and O–H groups in total. The molecule has 12 heteroatoms. The van der Waals surface area contributed by atoms with Crippen molar-refractivity contribution in [2.45, 2.75) is 18.9 Å². The first kappa shape index (κ1) is 20.1. The lowest BCUT2D eigenvalue weighted by Gasteiger charge is -2.14. The summed E-state index contributed by atoms with van der Waals surface area (Å²) in [6.45, 7) is 0.0418. The van der Waals surface area contributed by atoms with Crippen LogP contribution in [0.5, 0.6) is 0 Å². The lowest BCUT2D eigenvalue weighted by atomic mass is 10.2. The molecule has 1 aromatic carbocycles. The number of hydrogen-bond donors (Lipinski definition) is 4. The zero-order chi connectivity index (χ0) is 20.8. The number of alkyl halides is 2. The molecule has 2 aromatic heterocycles. The van der Waals surface area contributed by atoms with Gasteiger partial charge in [-0.05, 0) is 18.2 Å². The average molecular weight is 403 g/mol. The van der Waals surface area contributed by atoms with Gasteiger partial charge in [0.25, 0.3) is 5.91 Å². The van der Waals surface area contributed by atoms with Crippen LogP contribution in [-0.4, -0.2) is 49.9 Å².